The highest BCUT2D eigenvalue weighted by atomic mass is 35.5. The highest BCUT2D eigenvalue weighted by molar-refractivity contribution is 6.30. The standard InChI is InChI=1S/C18H21ClN4O2/c1-18(2,3)23(14-8-9-21-15(10-14)16(20)24)17(25)22-11-12-4-6-13(19)7-5-12/h4-10H,11H2,1-3H3,(H2,20,24)(H,22,25). The first-order valence-electron chi connectivity index (χ1n) is 7.77. The van der Waals surface area contributed by atoms with Crippen LogP contribution >= 0.6 is 11.6 Å². The number of benzene rings is 1. The van der Waals surface area contributed by atoms with Gasteiger partial charge in [0.15, 0.2) is 0 Å². The van der Waals surface area contributed by atoms with Crippen molar-refractivity contribution in [3.8, 4) is 0 Å². The quantitative estimate of drug-likeness (QED) is 0.876. The Balaban J connectivity index is 2.22. The number of halogens is 1. The largest absolute Gasteiger partial charge is 0.364 e. The number of aromatic nitrogens is 1. The number of nitrogens with one attached hydrogen (secondary N) is 1. The van der Waals surface area contributed by atoms with Crippen LogP contribution in [-0.2, 0) is 6.54 Å². The van der Waals surface area contributed by atoms with Crippen molar-refractivity contribution in [1.29, 1.82) is 0 Å². The number of pyridine rings is 1. The molecule has 0 unspecified atom stereocenters. The number of nitrogens with zero attached hydrogens (tertiary/aromatic N) is 2. The molecule has 25 heavy (non-hydrogen) atoms. The van der Waals surface area contributed by atoms with Gasteiger partial charge in [-0.1, -0.05) is 23.7 Å². The van der Waals surface area contributed by atoms with E-state index in [0.717, 1.165) is 5.56 Å². The monoisotopic (exact) mass is 360 g/mol. The fourth-order valence-electron chi connectivity index (χ4n) is 2.36. The first-order chi connectivity index (χ1) is 11.7. The number of hydrogen-bond acceptors (Lipinski definition) is 3. The van der Waals surface area contributed by atoms with E-state index in [0.29, 0.717) is 17.3 Å². The Bertz CT molecular complexity index is 769. The Morgan fingerprint density at radius 3 is 2.40 bits per heavy atom. The number of hydrogen-bond donors (Lipinski definition) is 2. The summed E-state index contributed by atoms with van der Waals surface area (Å²) in [4.78, 5) is 29.6. The van der Waals surface area contributed by atoms with Crippen LogP contribution in [0.4, 0.5) is 10.5 Å². The molecule has 0 aliphatic carbocycles. The van der Waals surface area contributed by atoms with Crippen LogP contribution in [0, 0.1) is 0 Å². The second kappa shape index (κ2) is 7.53. The van der Waals surface area contributed by atoms with E-state index in [1.807, 2.05) is 32.9 Å². The normalized spacial score (nSPS) is 11.0. The lowest BCUT2D eigenvalue weighted by atomic mass is 10.1. The third-order valence-corrected chi connectivity index (χ3v) is 3.74. The lowest BCUT2D eigenvalue weighted by Crippen LogP contribution is -2.50. The number of rotatable bonds is 4. The van der Waals surface area contributed by atoms with Crippen LogP contribution in [0.5, 0.6) is 0 Å². The highest BCUT2D eigenvalue weighted by Crippen LogP contribution is 2.24. The maximum Gasteiger partial charge on any atom is 0.322 e. The van der Waals surface area contributed by atoms with Crippen LogP contribution in [-0.4, -0.2) is 22.5 Å². The Labute approximate surface area is 152 Å². The van der Waals surface area contributed by atoms with Gasteiger partial charge in [-0.3, -0.25) is 14.7 Å². The van der Waals surface area contributed by atoms with Gasteiger partial charge in [0.05, 0.1) is 0 Å². The minimum Gasteiger partial charge on any atom is -0.364 e. The van der Waals surface area contributed by atoms with Crippen LogP contribution in [0.2, 0.25) is 5.02 Å². The van der Waals surface area contributed by atoms with E-state index in [4.69, 9.17) is 17.3 Å². The predicted molar refractivity (Wildman–Crippen MR) is 98.7 cm³/mol. The molecular weight excluding hydrogens is 340 g/mol. The Hall–Kier alpha value is -2.60. The molecule has 6 nitrogen and oxygen atoms in total. The fraction of sp³-hybridized carbons (Fsp3) is 0.278. The second-order valence-electron chi connectivity index (χ2n) is 6.55. The molecule has 0 saturated carbocycles. The van der Waals surface area contributed by atoms with Gasteiger partial charge in [-0.15, -0.1) is 0 Å². The molecule has 2 rings (SSSR count). The molecule has 0 bridgehead atoms. The van der Waals surface area contributed by atoms with Gasteiger partial charge in [0.25, 0.3) is 5.91 Å². The third kappa shape index (κ3) is 4.93. The van der Waals surface area contributed by atoms with E-state index in [9.17, 15) is 9.59 Å². The molecule has 1 aromatic carbocycles. The zero-order chi connectivity index (χ0) is 18.6. The average molecular weight is 361 g/mol. The molecule has 132 valence electrons. The number of primary amides is 1. The summed E-state index contributed by atoms with van der Waals surface area (Å²) in [5.74, 6) is -0.641. The van der Waals surface area contributed by atoms with Gasteiger partial charge < -0.3 is 11.1 Å². The van der Waals surface area contributed by atoms with Crippen molar-refractivity contribution in [2.75, 3.05) is 4.90 Å². The summed E-state index contributed by atoms with van der Waals surface area (Å²) < 4.78 is 0. The molecule has 2 aromatic rings. The minimum atomic E-state index is -0.641. The summed E-state index contributed by atoms with van der Waals surface area (Å²) in [7, 11) is 0. The molecule has 0 saturated heterocycles. The van der Waals surface area contributed by atoms with Gasteiger partial charge in [0.2, 0.25) is 0 Å². The molecule has 0 fully saturated rings. The molecule has 3 N–H and O–H groups in total. The molecular formula is C18H21ClN4O2. The number of carbonyl (C=O) groups is 2. The summed E-state index contributed by atoms with van der Waals surface area (Å²) in [6.07, 6.45) is 1.46. The van der Waals surface area contributed by atoms with Crippen molar-refractivity contribution in [3.63, 3.8) is 0 Å². The van der Waals surface area contributed by atoms with Gasteiger partial charge in [-0.25, -0.2) is 4.79 Å². The predicted octanol–water partition coefficient (Wildman–Crippen LogP) is 3.35. The van der Waals surface area contributed by atoms with Crippen LogP contribution in [0.1, 0.15) is 36.8 Å². The Morgan fingerprint density at radius 2 is 1.84 bits per heavy atom. The molecule has 0 aliphatic heterocycles. The van der Waals surface area contributed by atoms with Crippen LogP contribution in [0.3, 0.4) is 0 Å². The molecule has 3 amide bonds. The third-order valence-electron chi connectivity index (χ3n) is 3.49. The van der Waals surface area contributed by atoms with Crippen molar-refractivity contribution in [3.05, 3.63) is 58.9 Å². The van der Waals surface area contributed by atoms with Gasteiger partial charge in [0.1, 0.15) is 5.69 Å². The summed E-state index contributed by atoms with van der Waals surface area (Å²) in [5, 5.41) is 3.52. The number of amides is 3. The van der Waals surface area contributed by atoms with Crippen molar-refractivity contribution >= 4 is 29.2 Å². The molecule has 1 heterocycles. The van der Waals surface area contributed by atoms with Crippen molar-refractivity contribution in [2.45, 2.75) is 32.9 Å². The summed E-state index contributed by atoms with van der Waals surface area (Å²) in [6.45, 7) is 6.06. The summed E-state index contributed by atoms with van der Waals surface area (Å²) >= 11 is 5.87. The zero-order valence-electron chi connectivity index (χ0n) is 14.4. The van der Waals surface area contributed by atoms with Crippen LogP contribution in [0.25, 0.3) is 0 Å². The number of nitrogens with two attached hydrogens (primary N) is 1. The fourth-order valence-corrected chi connectivity index (χ4v) is 2.49. The maximum atomic E-state index is 12.8. The molecule has 0 aliphatic rings. The lowest BCUT2D eigenvalue weighted by molar-refractivity contribution is 0.0995. The zero-order valence-corrected chi connectivity index (χ0v) is 15.2. The SMILES string of the molecule is CC(C)(C)N(C(=O)NCc1ccc(Cl)cc1)c1ccnc(C(N)=O)c1. The number of carbonyl (C=O) groups excluding carboxylic acids is 2. The smallest absolute Gasteiger partial charge is 0.322 e. The van der Waals surface area contributed by atoms with Crippen molar-refractivity contribution < 1.29 is 9.59 Å². The van der Waals surface area contributed by atoms with Gasteiger partial charge in [-0.2, -0.15) is 0 Å². The highest BCUT2D eigenvalue weighted by Gasteiger charge is 2.28. The molecule has 7 heteroatoms. The topological polar surface area (TPSA) is 88.3 Å². The molecule has 0 atom stereocenters. The van der Waals surface area contributed by atoms with E-state index in [1.165, 1.54) is 12.3 Å². The van der Waals surface area contributed by atoms with Crippen LogP contribution < -0.4 is 16.0 Å². The summed E-state index contributed by atoms with van der Waals surface area (Å²) in [6, 6.07) is 10.1. The number of urea groups is 1. The van der Waals surface area contributed by atoms with E-state index in [1.54, 1.807) is 23.1 Å². The first-order valence-corrected chi connectivity index (χ1v) is 8.14. The first kappa shape index (κ1) is 18.7. The van der Waals surface area contributed by atoms with Gasteiger partial charge in [-0.05, 0) is 50.6 Å². The number of anilines is 1. The van der Waals surface area contributed by atoms with Crippen molar-refractivity contribution in [2.24, 2.45) is 5.73 Å². The maximum absolute atomic E-state index is 12.8. The van der Waals surface area contributed by atoms with E-state index in [2.05, 4.69) is 10.3 Å². The average Bonchev–Trinajstić information content (AvgIpc) is 2.53. The minimum absolute atomic E-state index is 0.109. The van der Waals surface area contributed by atoms with Gasteiger partial charge in [0, 0.05) is 29.0 Å². The van der Waals surface area contributed by atoms with Crippen LogP contribution in [0.15, 0.2) is 42.6 Å². The van der Waals surface area contributed by atoms with Crippen molar-refractivity contribution in [1.82, 2.24) is 10.3 Å². The van der Waals surface area contributed by atoms with E-state index < -0.39 is 11.4 Å². The molecule has 1 aromatic heterocycles. The second-order valence-corrected chi connectivity index (χ2v) is 6.99. The summed E-state index contributed by atoms with van der Waals surface area (Å²) in [5.41, 5.74) is 6.35. The van der Waals surface area contributed by atoms with Gasteiger partial charge >= 0.3 is 6.03 Å². The van der Waals surface area contributed by atoms with E-state index in [-0.39, 0.29) is 11.7 Å². The Morgan fingerprint density at radius 1 is 1.20 bits per heavy atom. The molecule has 0 radical (unpaired) electrons. The Kier molecular flexibility index (Phi) is 5.64. The van der Waals surface area contributed by atoms with E-state index >= 15 is 0 Å². The lowest BCUT2D eigenvalue weighted by Gasteiger charge is -2.35. The molecule has 0 spiro atoms.